The minimum atomic E-state index is 0.576. The molecule has 0 radical (unpaired) electrons. The summed E-state index contributed by atoms with van der Waals surface area (Å²) in [6.07, 6.45) is 5.06. The fourth-order valence-electron chi connectivity index (χ4n) is 3.48. The standard InChI is InChI=1S/C19H18N4O2S/c1-11(12-5-6-14-15(9-12)25-8-7-24-14)22-23-18-17-13-3-2-4-16(13)26-19(17)21-10-20-18/h5-6,9-10H,2-4,7-8H2,1H3,(H,20,21,23)/b22-11-. The molecule has 0 amide bonds. The Labute approximate surface area is 154 Å². The maximum atomic E-state index is 5.66. The molecule has 0 fully saturated rings. The lowest BCUT2D eigenvalue weighted by atomic mass is 10.1. The number of aromatic nitrogens is 2. The highest BCUT2D eigenvalue weighted by Gasteiger charge is 2.21. The Balaban J connectivity index is 1.46. The number of hydrogen-bond donors (Lipinski definition) is 1. The van der Waals surface area contributed by atoms with Crippen LogP contribution >= 0.6 is 11.3 Å². The number of fused-ring (bicyclic) bond motifs is 4. The number of hydrazone groups is 1. The molecule has 1 aliphatic heterocycles. The molecular weight excluding hydrogens is 348 g/mol. The zero-order valence-corrected chi connectivity index (χ0v) is 15.2. The minimum Gasteiger partial charge on any atom is -0.486 e. The summed E-state index contributed by atoms with van der Waals surface area (Å²) in [4.78, 5) is 11.3. The largest absolute Gasteiger partial charge is 0.486 e. The first-order valence-corrected chi connectivity index (χ1v) is 9.57. The lowest BCUT2D eigenvalue weighted by molar-refractivity contribution is 0.171. The van der Waals surface area contributed by atoms with Crippen molar-refractivity contribution in [2.75, 3.05) is 18.6 Å². The molecule has 0 bridgehead atoms. The van der Waals surface area contributed by atoms with Gasteiger partial charge >= 0.3 is 0 Å². The first kappa shape index (κ1) is 15.6. The number of thiophene rings is 1. The molecule has 0 saturated heterocycles. The molecule has 7 heteroatoms. The molecule has 1 N–H and O–H groups in total. The molecule has 0 unspecified atom stereocenters. The van der Waals surface area contributed by atoms with Gasteiger partial charge in [-0.1, -0.05) is 0 Å². The van der Waals surface area contributed by atoms with Gasteiger partial charge in [0.2, 0.25) is 0 Å². The van der Waals surface area contributed by atoms with E-state index in [9.17, 15) is 0 Å². The number of nitrogens with zero attached hydrogens (tertiary/aromatic N) is 3. The van der Waals surface area contributed by atoms with Crippen molar-refractivity contribution in [1.29, 1.82) is 0 Å². The molecule has 0 saturated carbocycles. The summed E-state index contributed by atoms with van der Waals surface area (Å²) in [7, 11) is 0. The molecular formula is C19H18N4O2S. The summed E-state index contributed by atoms with van der Waals surface area (Å²) in [6.45, 7) is 3.14. The number of rotatable bonds is 3. The van der Waals surface area contributed by atoms with Gasteiger partial charge in [-0.3, -0.25) is 5.43 Å². The predicted octanol–water partition coefficient (Wildman–Crippen LogP) is 3.79. The van der Waals surface area contributed by atoms with E-state index in [0.29, 0.717) is 13.2 Å². The van der Waals surface area contributed by atoms with Crippen LogP contribution in [0.4, 0.5) is 5.82 Å². The topological polar surface area (TPSA) is 68.6 Å². The van der Waals surface area contributed by atoms with E-state index in [1.807, 2.05) is 25.1 Å². The van der Waals surface area contributed by atoms with Gasteiger partial charge in [0.1, 0.15) is 24.4 Å². The SMILES string of the molecule is C/C(=N/Nc1ncnc2sc3c(c12)CCC3)c1ccc2c(c1)OCCO2. The molecule has 3 heterocycles. The Morgan fingerprint density at radius 1 is 1.15 bits per heavy atom. The molecule has 6 nitrogen and oxygen atoms in total. The van der Waals surface area contributed by atoms with Crippen LogP contribution in [0, 0.1) is 0 Å². The molecule has 132 valence electrons. The highest BCUT2D eigenvalue weighted by Crippen LogP contribution is 2.39. The second-order valence-corrected chi connectivity index (χ2v) is 7.51. The van der Waals surface area contributed by atoms with Crippen LogP contribution in [0.3, 0.4) is 0 Å². The highest BCUT2D eigenvalue weighted by molar-refractivity contribution is 7.19. The molecule has 26 heavy (non-hydrogen) atoms. The molecule has 0 atom stereocenters. The van der Waals surface area contributed by atoms with Gasteiger partial charge in [0.25, 0.3) is 0 Å². The lowest BCUT2D eigenvalue weighted by Crippen LogP contribution is -2.15. The Morgan fingerprint density at radius 3 is 2.96 bits per heavy atom. The third-order valence-corrected chi connectivity index (χ3v) is 5.99. The zero-order chi connectivity index (χ0) is 17.5. The minimum absolute atomic E-state index is 0.576. The predicted molar refractivity (Wildman–Crippen MR) is 103 cm³/mol. The van der Waals surface area contributed by atoms with E-state index in [1.165, 1.54) is 16.9 Å². The maximum Gasteiger partial charge on any atom is 0.162 e. The third-order valence-electron chi connectivity index (χ3n) is 4.79. The van der Waals surface area contributed by atoms with Gasteiger partial charge in [0, 0.05) is 10.4 Å². The van der Waals surface area contributed by atoms with Gasteiger partial charge in [-0.05, 0) is 49.9 Å². The maximum absolute atomic E-state index is 5.66. The summed E-state index contributed by atoms with van der Waals surface area (Å²) in [5, 5.41) is 5.68. The van der Waals surface area contributed by atoms with Gasteiger partial charge < -0.3 is 9.47 Å². The number of nitrogens with one attached hydrogen (secondary N) is 1. The van der Waals surface area contributed by atoms with Crippen LogP contribution in [0.25, 0.3) is 10.2 Å². The van der Waals surface area contributed by atoms with Crippen molar-refractivity contribution in [2.24, 2.45) is 5.10 Å². The molecule has 3 aromatic rings. The van der Waals surface area contributed by atoms with Gasteiger partial charge in [-0.15, -0.1) is 11.3 Å². The molecule has 2 aliphatic rings. The second kappa shape index (κ2) is 6.25. The van der Waals surface area contributed by atoms with Crippen LogP contribution in [0.15, 0.2) is 29.6 Å². The molecule has 1 aromatic carbocycles. The van der Waals surface area contributed by atoms with E-state index >= 15 is 0 Å². The van der Waals surface area contributed by atoms with E-state index in [1.54, 1.807) is 17.7 Å². The van der Waals surface area contributed by atoms with Crippen molar-refractivity contribution in [2.45, 2.75) is 26.2 Å². The number of benzene rings is 1. The number of ether oxygens (including phenoxy) is 2. The van der Waals surface area contributed by atoms with Crippen molar-refractivity contribution in [3.05, 3.63) is 40.5 Å². The lowest BCUT2D eigenvalue weighted by Gasteiger charge is -2.18. The fourth-order valence-corrected chi connectivity index (χ4v) is 4.71. The van der Waals surface area contributed by atoms with E-state index in [0.717, 1.165) is 51.7 Å². The Kier molecular flexibility index (Phi) is 3.74. The molecule has 2 aromatic heterocycles. The van der Waals surface area contributed by atoms with E-state index in [2.05, 4.69) is 20.5 Å². The first-order valence-electron chi connectivity index (χ1n) is 8.75. The van der Waals surface area contributed by atoms with Crippen molar-refractivity contribution in [3.63, 3.8) is 0 Å². The Bertz CT molecular complexity index is 1030. The zero-order valence-electron chi connectivity index (χ0n) is 14.4. The first-order chi connectivity index (χ1) is 12.8. The van der Waals surface area contributed by atoms with E-state index < -0.39 is 0 Å². The second-order valence-electron chi connectivity index (χ2n) is 6.43. The van der Waals surface area contributed by atoms with E-state index in [-0.39, 0.29) is 0 Å². The van der Waals surface area contributed by atoms with Crippen LogP contribution in [-0.4, -0.2) is 28.9 Å². The van der Waals surface area contributed by atoms with E-state index in [4.69, 9.17) is 9.47 Å². The van der Waals surface area contributed by atoms with Gasteiger partial charge in [0.15, 0.2) is 17.3 Å². The number of hydrogen-bond acceptors (Lipinski definition) is 7. The summed E-state index contributed by atoms with van der Waals surface area (Å²) in [5.74, 6) is 2.33. The molecule has 5 rings (SSSR count). The average molecular weight is 366 g/mol. The van der Waals surface area contributed by atoms with Crippen molar-refractivity contribution >= 4 is 33.1 Å². The third kappa shape index (κ3) is 2.59. The summed E-state index contributed by atoms with van der Waals surface area (Å²) in [6, 6.07) is 5.89. The Morgan fingerprint density at radius 2 is 2.04 bits per heavy atom. The average Bonchev–Trinajstić information content (AvgIpc) is 3.26. The molecule has 0 spiro atoms. The van der Waals surface area contributed by atoms with Crippen LogP contribution < -0.4 is 14.9 Å². The number of anilines is 1. The quantitative estimate of drug-likeness (QED) is 0.564. The summed E-state index contributed by atoms with van der Waals surface area (Å²) >= 11 is 1.78. The number of aryl methyl sites for hydroxylation is 2. The van der Waals surface area contributed by atoms with Crippen molar-refractivity contribution in [3.8, 4) is 11.5 Å². The van der Waals surface area contributed by atoms with Crippen LogP contribution in [0.1, 0.15) is 29.3 Å². The smallest absolute Gasteiger partial charge is 0.162 e. The van der Waals surface area contributed by atoms with Crippen molar-refractivity contribution in [1.82, 2.24) is 9.97 Å². The van der Waals surface area contributed by atoms with Gasteiger partial charge in [-0.25, -0.2) is 9.97 Å². The van der Waals surface area contributed by atoms with Crippen LogP contribution in [-0.2, 0) is 12.8 Å². The molecule has 1 aliphatic carbocycles. The van der Waals surface area contributed by atoms with Crippen molar-refractivity contribution < 1.29 is 9.47 Å². The monoisotopic (exact) mass is 366 g/mol. The van der Waals surface area contributed by atoms with Gasteiger partial charge in [0.05, 0.1) is 11.1 Å². The highest BCUT2D eigenvalue weighted by atomic mass is 32.1. The fraction of sp³-hybridized carbons (Fsp3) is 0.316. The van der Waals surface area contributed by atoms with Crippen LogP contribution in [0.2, 0.25) is 0 Å². The summed E-state index contributed by atoms with van der Waals surface area (Å²) < 4.78 is 11.2. The van der Waals surface area contributed by atoms with Gasteiger partial charge in [-0.2, -0.15) is 5.10 Å². The normalized spacial score (nSPS) is 16.0. The van der Waals surface area contributed by atoms with Crippen LogP contribution in [0.5, 0.6) is 11.5 Å². The summed E-state index contributed by atoms with van der Waals surface area (Å²) in [5.41, 5.74) is 6.39. The Hall–Kier alpha value is -2.67.